The molecule has 282 valence electrons. The van der Waals surface area contributed by atoms with E-state index < -0.39 is 0 Å². The first-order valence-electron chi connectivity index (χ1n) is 20.6. The number of hydrogen-bond acceptors (Lipinski definition) is 3. The molecule has 8 aromatic carbocycles. The number of thiophene rings is 1. The highest BCUT2D eigenvalue weighted by Crippen LogP contribution is 2.46. The second-order valence-corrected chi connectivity index (χ2v) is 17.8. The molecule has 0 fully saturated rings. The third-order valence-corrected chi connectivity index (χ3v) is 14.8. The van der Waals surface area contributed by atoms with E-state index in [1.54, 1.807) is 0 Å². The molecule has 0 aliphatic heterocycles. The Kier molecular flexibility index (Phi) is 7.47. The van der Waals surface area contributed by atoms with Crippen LogP contribution < -0.4 is 0 Å². The van der Waals surface area contributed by atoms with Crippen LogP contribution in [-0.4, -0.2) is 14.1 Å². The number of nitrogens with zero attached hydrogens (tertiary/aromatic N) is 3. The molecule has 4 aromatic heterocycles. The number of para-hydroxylation sites is 3. The Labute approximate surface area is 354 Å². The van der Waals surface area contributed by atoms with Gasteiger partial charge in [-0.3, -0.25) is 0 Å². The van der Waals surface area contributed by atoms with Crippen molar-refractivity contribution in [1.29, 1.82) is 0 Å². The highest BCUT2D eigenvalue weighted by Gasteiger charge is 2.21. The predicted octanol–water partition coefficient (Wildman–Crippen LogP) is 15.7. The average Bonchev–Trinajstić information content (AvgIpc) is 4.09. The minimum Gasteiger partial charge on any atom is -0.310 e. The number of thiazole rings is 1. The molecule has 12 aromatic rings. The summed E-state index contributed by atoms with van der Waals surface area (Å²) in [6, 6.07) is 64.5. The summed E-state index contributed by atoms with van der Waals surface area (Å²) in [5.41, 5.74) is 15.7. The summed E-state index contributed by atoms with van der Waals surface area (Å²) in [4.78, 5) is 5.57. The van der Waals surface area contributed by atoms with Crippen molar-refractivity contribution in [3.63, 3.8) is 0 Å². The fourth-order valence-electron chi connectivity index (χ4n) is 9.74. The smallest absolute Gasteiger partial charge is 0.126 e. The van der Waals surface area contributed by atoms with Crippen molar-refractivity contribution in [3.05, 3.63) is 193 Å². The molecule has 0 saturated heterocycles. The van der Waals surface area contributed by atoms with Gasteiger partial charge in [-0.1, -0.05) is 133 Å². The largest absolute Gasteiger partial charge is 0.310 e. The molecule has 0 amide bonds. The van der Waals surface area contributed by atoms with Gasteiger partial charge in [-0.05, 0) is 84.1 Å². The standard InChI is InChI=1S/C55H35N3S2/c1-6-19-47-40(12-1)41-13-2-7-20-48(41)57(47)36-28-24-34(25-29-36)38-32-33-39(35-26-30-37(31-27-35)58-49-21-8-3-14-42(49)43-15-4-9-22-50(43)58)54-52(38)56-55(60-54)46-18-11-17-45-44-16-5-10-23-51(44)59-53(45)46/h1,3-12,14-33H,2,13H2. The number of aromatic nitrogens is 3. The summed E-state index contributed by atoms with van der Waals surface area (Å²) in [5.74, 6) is 0. The average molecular weight is 802 g/mol. The van der Waals surface area contributed by atoms with Gasteiger partial charge < -0.3 is 9.13 Å². The second-order valence-electron chi connectivity index (χ2n) is 15.8. The van der Waals surface area contributed by atoms with E-state index >= 15 is 0 Å². The first-order valence-corrected chi connectivity index (χ1v) is 22.2. The van der Waals surface area contributed by atoms with Gasteiger partial charge in [0.2, 0.25) is 0 Å². The molecule has 0 radical (unpaired) electrons. The summed E-state index contributed by atoms with van der Waals surface area (Å²) >= 11 is 3.67. The molecular formula is C55H35N3S2. The van der Waals surface area contributed by atoms with Crippen LogP contribution in [0.25, 0.3) is 113 Å². The van der Waals surface area contributed by atoms with Gasteiger partial charge >= 0.3 is 0 Å². The van der Waals surface area contributed by atoms with Crippen LogP contribution in [0.3, 0.4) is 0 Å². The van der Waals surface area contributed by atoms with Crippen molar-refractivity contribution in [1.82, 2.24) is 14.1 Å². The van der Waals surface area contributed by atoms with Gasteiger partial charge in [0.05, 0.1) is 26.8 Å². The van der Waals surface area contributed by atoms with Gasteiger partial charge in [-0.25, -0.2) is 4.98 Å². The quantitative estimate of drug-likeness (QED) is 0.170. The molecule has 0 unspecified atom stereocenters. The molecule has 0 saturated carbocycles. The van der Waals surface area contributed by atoms with E-state index in [0.29, 0.717) is 0 Å². The molecule has 0 atom stereocenters. The monoisotopic (exact) mass is 801 g/mol. The van der Waals surface area contributed by atoms with Gasteiger partial charge in [0, 0.05) is 70.1 Å². The Hall–Kier alpha value is -7.05. The summed E-state index contributed by atoms with van der Waals surface area (Å²) in [6.07, 6.45) is 6.77. The third kappa shape index (κ3) is 5.03. The third-order valence-electron chi connectivity index (χ3n) is 12.5. The normalized spacial score (nSPS) is 12.8. The Morgan fingerprint density at radius 3 is 1.75 bits per heavy atom. The number of fused-ring (bicyclic) bond motifs is 10. The zero-order valence-electron chi connectivity index (χ0n) is 32.5. The van der Waals surface area contributed by atoms with Crippen LogP contribution >= 0.6 is 22.7 Å². The van der Waals surface area contributed by atoms with Crippen LogP contribution in [0.2, 0.25) is 0 Å². The predicted molar refractivity (Wildman–Crippen MR) is 257 cm³/mol. The summed E-state index contributed by atoms with van der Waals surface area (Å²) < 4.78 is 8.61. The maximum atomic E-state index is 5.57. The molecule has 1 aliphatic carbocycles. The minimum absolute atomic E-state index is 1.04. The number of allylic oxidation sites excluding steroid dienone is 1. The number of aryl methyl sites for hydroxylation is 1. The summed E-state index contributed by atoms with van der Waals surface area (Å²) in [7, 11) is 0. The molecule has 60 heavy (non-hydrogen) atoms. The van der Waals surface area contributed by atoms with Crippen molar-refractivity contribution in [3.8, 4) is 44.2 Å². The Bertz CT molecular complexity index is 3650. The zero-order valence-corrected chi connectivity index (χ0v) is 34.1. The number of rotatable bonds is 5. The lowest BCUT2D eigenvalue weighted by molar-refractivity contribution is 0.967. The lowest BCUT2D eigenvalue weighted by atomic mass is 9.98. The Morgan fingerprint density at radius 2 is 1.02 bits per heavy atom. The van der Waals surface area contributed by atoms with E-state index in [-0.39, 0.29) is 0 Å². The molecule has 5 heteroatoms. The fourth-order valence-corrected chi connectivity index (χ4v) is 12.2. The van der Waals surface area contributed by atoms with Crippen LogP contribution in [0.15, 0.2) is 182 Å². The minimum atomic E-state index is 1.04. The van der Waals surface area contributed by atoms with Gasteiger partial charge in [-0.15, -0.1) is 22.7 Å². The lowest BCUT2D eigenvalue weighted by Crippen LogP contribution is -2.00. The van der Waals surface area contributed by atoms with Crippen molar-refractivity contribution in [2.75, 3.05) is 0 Å². The van der Waals surface area contributed by atoms with Crippen molar-refractivity contribution in [2.24, 2.45) is 0 Å². The van der Waals surface area contributed by atoms with Crippen LogP contribution in [0.5, 0.6) is 0 Å². The van der Waals surface area contributed by atoms with E-state index in [9.17, 15) is 0 Å². The molecule has 0 N–H and O–H groups in total. The molecule has 0 bridgehead atoms. The van der Waals surface area contributed by atoms with E-state index in [1.165, 1.54) is 91.2 Å². The van der Waals surface area contributed by atoms with Crippen molar-refractivity contribution in [2.45, 2.75) is 12.8 Å². The van der Waals surface area contributed by atoms with Gasteiger partial charge in [0.25, 0.3) is 0 Å². The number of hydrogen-bond donors (Lipinski definition) is 0. The first-order chi connectivity index (χ1) is 29.8. The molecule has 13 rings (SSSR count). The van der Waals surface area contributed by atoms with Gasteiger partial charge in [0.1, 0.15) is 5.01 Å². The Balaban J connectivity index is 0.971. The second kappa shape index (κ2) is 13.2. The molecular weight excluding hydrogens is 767 g/mol. The first kappa shape index (κ1) is 33.9. The highest BCUT2D eigenvalue weighted by molar-refractivity contribution is 7.27. The maximum Gasteiger partial charge on any atom is 0.126 e. The van der Waals surface area contributed by atoms with Crippen LogP contribution in [0.4, 0.5) is 0 Å². The van der Waals surface area contributed by atoms with E-state index in [1.807, 2.05) is 22.7 Å². The maximum absolute atomic E-state index is 5.57. The van der Waals surface area contributed by atoms with Crippen LogP contribution in [0.1, 0.15) is 17.7 Å². The van der Waals surface area contributed by atoms with Crippen LogP contribution in [0, 0.1) is 0 Å². The Morgan fingerprint density at radius 1 is 0.433 bits per heavy atom. The van der Waals surface area contributed by atoms with Crippen LogP contribution in [-0.2, 0) is 6.42 Å². The topological polar surface area (TPSA) is 22.8 Å². The fraction of sp³-hybridized carbons (Fsp3) is 0.0364. The van der Waals surface area contributed by atoms with Gasteiger partial charge in [0.15, 0.2) is 0 Å². The zero-order chi connectivity index (χ0) is 39.3. The molecule has 4 heterocycles. The van der Waals surface area contributed by atoms with E-state index in [2.05, 4.69) is 197 Å². The number of benzene rings is 8. The van der Waals surface area contributed by atoms with E-state index in [0.717, 1.165) is 40.2 Å². The van der Waals surface area contributed by atoms with Gasteiger partial charge in [-0.2, -0.15) is 0 Å². The molecule has 3 nitrogen and oxygen atoms in total. The SMILES string of the molecule is C1=Cc2c(c3ccccc3n2-c2ccc(-c3ccc(-c4ccc(-n5c6ccccc6c6ccccc65)cc4)c4sc(-c5cccc6c5sc5ccccc56)nc34)cc2)CC1. The summed E-state index contributed by atoms with van der Waals surface area (Å²) in [6.45, 7) is 0. The van der Waals surface area contributed by atoms with E-state index in [4.69, 9.17) is 4.98 Å². The van der Waals surface area contributed by atoms with Crippen molar-refractivity contribution < 1.29 is 0 Å². The highest BCUT2D eigenvalue weighted by atomic mass is 32.1. The van der Waals surface area contributed by atoms with Crippen molar-refractivity contribution >= 4 is 91.8 Å². The summed E-state index contributed by atoms with van der Waals surface area (Å²) in [5, 5.41) is 7.53. The molecule has 0 spiro atoms. The lowest BCUT2D eigenvalue weighted by Gasteiger charge is -2.13. The molecule has 1 aliphatic rings.